The molecule has 0 spiro atoms. The molecule has 31 heavy (non-hydrogen) atoms. The van der Waals surface area contributed by atoms with Crippen molar-refractivity contribution in [3.63, 3.8) is 0 Å². The Kier molecular flexibility index (Phi) is 9.10. The Labute approximate surface area is 186 Å². The van der Waals surface area contributed by atoms with Crippen LogP contribution in [0, 0.1) is 0 Å². The van der Waals surface area contributed by atoms with Crippen LogP contribution in [0.4, 0.5) is 0 Å². The highest BCUT2D eigenvalue weighted by Crippen LogP contribution is 2.18. The maximum atomic E-state index is 13.2. The van der Waals surface area contributed by atoms with Gasteiger partial charge in [0, 0.05) is 19.0 Å². The van der Waals surface area contributed by atoms with E-state index in [0.717, 1.165) is 16.9 Å². The van der Waals surface area contributed by atoms with Gasteiger partial charge in [-0.05, 0) is 61.9 Å². The molecule has 0 heterocycles. The van der Waals surface area contributed by atoms with Gasteiger partial charge in [-0.25, -0.2) is 0 Å². The van der Waals surface area contributed by atoms with Gasteiger partial charge in [-0.15, -0.1) is 0 Å². The van der Waals surface area contributed by atoms with Crippen molar-refractivity contribution >= 4 is 11.8 Å². The summed E-state index contributed by atoms with van der Waals surface area (Å²) >= 11 is 0. The number of carbonyl (C=O) groups excluding carboxylic acids is 2. The summed E-state index contributed by atoms with van der Waals surface area (Å²) in [5.74, 6) is 1.07. The lowest BCUT2D eigenvalue weighted by molar-refractivity contribution is -0.140. The van der Waals surface area contributed by atoms with Crippen LogP contribution in [0.1, 0.15) is 63.6 Å². The van der Waals surface area contributed by atoms with Crippen LogP contribution < -0.4 is 10.1 Å². The third-order valence-electron chi connectivity index (χ3n) is 5.38. The summed E-state index contributed by atoms with van der Waals surface area (Å²) in [7, 11) is 1.62. The van der Waals surface area contributed by atoms with Crippen LogP contribution in [0.3, 0.4) is 0 Å². The minimum Gasteiger partial charge on any atom is -0.497 e. The number of benzene rings is 2. The van der Waals surface area contributed by atoms with Crippen molar-refractivity contribution in [2.24, 2.45) is 0 Å². The number of amides is 2. The lowest BCUT2D eigenvalue weighted by atomic mass is 10.00. The first-order valence-corrected chi connectivity index (χ1v) is 11.0. The maximum Gasteiger partial charge on any atom is 0.242 e. The van der Waals surface area contributed by atoms with E-state index in [1.807, 2.05) is 38.1 Å². The largest absolute Gasteiger partial charge is 0.497 e. The number of aryl methyl sites for hydroxylation is 1. The highest BCUT2D eigenvalue weighted by atomic mass is 16.5. The molecule has 0 aliphatic heterocycles. The van der Waals surface area contributed by atoms with E-state index in [1.165, 1.54) is 5.56 Å². The number of nitrogens with zero attached hydrogens (tertiary/aromatic N) is 1. The molecule has 5 nitrogen and oxygen atoms in total. The molecule has 0 radical (unpaired) electrons. The standard InChI is InChI=1S/C26H36N2O3/c1-18(2)23-12-7-21(8-13-23)11-16-25(29)28(20(5)26(30)27-19(3)4)17-22-9-14-24(31-6)15-10-22/h7-10,12-15,18-20H,11,16-17H2,1-6H3,(H,27,30)/t20-/m0/s1. The summed E-state index contributed by atoms with van der Waals surface area (Å²) in [4.78, 5) is 27.5. The second-order valence-corrected chi connectivity index (χ2v) is 8.61. The average molecular weight is 425 g/mol. The molecular weight excluding hydrogens is 388 g/mol. The van der Waals surface area contributed by atoms with E-state index in [9.17, 15) is 9.59 Å². The van der Waals surface area contributed by atoms with E-state index in [4.69, 9.17) is 4.74 Å². The first-order valence-electron chi connectivity index (χ1n) is 11.0. The normalized spacial score (nSPS) is 12.0. The molecule has 1 N–H and O–H groups in total. The number of methoxy groups -OCH3 is 1. The van der Waals surface area contributed by atoms with E-state index in [1.54, 1.807) is 18.9 Å². The highest BCUT2D eigenvalue weighted by Gasteiger charge is 2.26. The Balaban J connectivity index is 2.12. The maximum absolute atomic E-state index is 13.2. The van der Waals surface area contributed by atoms with Crippen molar-refractivity contribution in [2.45, 2.75) is 72.0 Å². The third-order valence-corrected chi connectivity index (χ3v) is 5.38. The number of nitrogens with one attached hydrogen (secondary N) is 1. The Morgan fingerprint density at radius 2 is 1.48 bits per heavy atom. The molecule has 5 heteroatoms. The fourth-order valence-electron chi connectivity index (χ4n) is 3.38. The van der Waals surface area contributed by atoms with Crippen LogP contribution in [-0.4, -0.2) is 35.9 Å². The zero-order valence-corrected chi connectivity index (χ0v) is 19.6. The smallest absolute Gasteiger partial charge is 0.242 e. The minimum absolute atomic E-state index is 0.0207. The van der Waals surface area contributed by atoms with E-state index in [2.05, 4.69) is 43.4 Å². The number of ether oxygens (including phenoxy) is 1. The van der Waals surface area contributed by atoms with Crippen LogP contribution >= 0.6 is 0 Å². The summed E-state index contributed by atoms with van der Waals surface area (Å²) in [5, 5.41) is 2.92. The van der Waals surface area contributed by atoms with Crippen molar-refractivity contribution in [1.82, 2.24) is 10.2 Å². The molecule has 0 aliphatic rings. The molecule has 2 rings (SSSR count). The molecule has 0 aliphatic carbocycles. The lowest BCUT2D eigenvalue weighted by Crippen LogP contribution is -2.49. The zero-order valence-electron chi connectivity index (χ0n) is 19.6. The van der Waals surface area contributed by atoms with Gasteiger partial charge in [-0.2, -0.15) is 0 Å². The minimum atomic E-state index is -0.555. The molecular formula is C26H36N2O3. The van der Waals surface area contributed by atoms with Crippen molar-refractivity contribution in [2.75, 3.05) is 7.11 Å². The number of hydrogen-bond acceptors (Lipinski definition) is 3. The molecule has 2 amide bonds. The first-order chi connectivity index (χ1) is 14.7. The van der Waals surface area contributed by atoms with E-state index in [-0.39, 0.29) is 17.9 Å². The van der Waals surface area contributed by atoms with Crippen molar-refractivity contribution < 1.29 is 14.3 Å². The fraction of sp³-hybridized carbons (Fsp3) is 0.462. The van der Waals surface area contributed by atoms with Gasteiger partial charge in [0.2, 0.25) is 11.8 Å². The second kappa shape index (κ2) is 11.5. The van der Waals surface area contributed by atoms with Crippen LogP contribution in [0.15, 0.2) is 48.5 Å². The topological polar surface area (TPSA) is 58.6 Å². The molecule has 0 unspecified atom stereocenters. The Bertz CT molecular complexity index is 842. The van der Waals surface area contributed by atoms with Crippen molar-refractivity contribution in [1.29, 1.82) is 0 Å². The molecule has 0 fully saturated rings. The predicted molar refractivity (Wildman–Crippen MR) is 125 cm³/mol. The summed E-state index contributed by atoms with van der Waals surface area (Å²) in [6.45, 7) is 10.3. The molecule has 1 atom stereocenters. The van der Waals surface area contributed by atoms with E-state index >= 15 is 0 Å². The molecule has 0 saturated carbocycles. The van der Waals surface area contributed by atoms with Crippen molar-refractivity contribution in [3.8, 4) is 5.75 Å². The van der Waals surface area contributed by atoms with Gasteiger partial charge in [0.25, 0.3) is 0 Å². The van der Waals surface area contributed by atoms with Crippen LogP contribution in [0.5, 0.6) is 5.75 Å². The van der Waals surface area contributed by atoms with E-state index in [0.29, 0.717) is 25.3 Å². The lowest BCUT2D eigenvalue weighted by Gasteiger charge is -2.29. The molecule has 2 aromatic carbocycles. The van der Waals surface area contributed by atoms with Crippen LogP contribution in [0.25, 0.3) is 0 Å². The fourth-order valence-corrected chi connectivity index (χ4v) is 3.38. The predicted octanol–water partition coefficient (Wildman–Crippen LogP) is 4.69. The van der Waals surface area contributed by atoms with Gasteiger partial charge >= 0.3 is 0 Å². The molecule has 0 saturated heterocycles. The Morgan fingerprint density at radius 1 is 0.903 bits per heavy atom. The van der Waals surface area contributed by atoms with Gasteiger partial charge in [0.15, 0.2) is 0 Å². The summed E-state index contributed by atoms with van der Waals surface area (Å²) in [5.41, 5.74) is 3.37. The Morgan fingerprint density at radius 3 is 2.00 bits per heavy atom. The van der Waals surface area contributed by atoms with Crippen molar-refractivity contribution in [3.05, 3.63) is 65.2 Å². The molecule has 168 valence electrons. The molecule has 0 bridgehead atoms. The van der Waals surface area contributed by atoms with Gasteiger partial charge in [-0.3, -0.25) is 9.59 Å². The first kappa shape index (κ1) is 24.4. The number of rotatable bonds is 10. The molecule has 2 aromatic rings. The second-order valence-electron chi connectivity index (χ2n) is 8.61. The zero-order chi connectivity index (χ0) is 23.0. The number of hydrogen-bond donors (Lipinski definition) is 1. The molecule has 0 aromatic heterocycles. The van der Waals surface area contributed by atoms with Crippen LogP contribution in [-0.2, 0) is 22.6 Å². The highest BCUT2D eigenvalue weighted by molar-refractivity contribution is 5.87. The van der Waals surface area contributed by atoms with Gasteiger partial charge in [0.05, 0.1) is 7.11 Å². The Hall–Kier alpha value is -2.82. The summed E-state index contributed by atoms with van der Waals surface area (Å²) in [6, 6.07) is 15.5. The number of carbonyl (C=O) groups is 2. The van der Waals surface area contributed by atoms with Crippen LogP contribution in [0.2, 0.25) is 0 Å². The van der Waals surface area contributed by atoms with Gasteiger partial charge in [0.1, 0.15) is 11.8 Å². The summed E-state index contributed by atoms with van der Waals surface area (Å²) < 4.78 is 5.22. The third kappa shape index (κ3) is 7.42. The van der Waals surface area contributed by atoms with E-state index < -0.39 is 6.04 Å². The van der Waals surface area contributed by atoms with Gasteiger partial charge < -0.3 is 15.0 Å². The SMILES string of the molecule is COc1ccc(CN(C(=O)CCc2ccc(C(C)C)cc2)[C@@H](C)C(=O)NC(C)C)cc1. The van der Waals surface area contributed by atoms with Gasteiger partial charge in [-0.1, -0.05) is 50.2 Å². The quantitative estimate of drug-likeness (QED) is 0.602. The summed E-state index contributed by atoms with van der Waals surface area (Å²) in [6.07, 6.45) is 1.01. The average Bonchev–Trinajstić information content (AvgIpc) is 2.75. The monoisotopic (exact) mass is 424 g/mol.